The average molecular weight is 357 g/mol. The summed E-state index contributed by atoms with van der Waals surface area (Å²) in [4.78, 5) is 16.0. The summed E-state index contributed by atoms with van der Waals surface area (Å²) >= 11 is 1.41. The molecule has 0 amide bonds. The van der Waals surface area contributed by atoms with Gasteiger partial charge in [-0.05, 0) is 29.8 Å². The summed E-state index contributed by atoms with van der Waals surface area (Å²) < 4.78 is 5.10. The van der Waals surface area contributed by atoms with E-state index in [1.54, 1.807) is 36.4 Å². The minimum atomic E-state index is -0.446. The smallest absolute Gasteiger partial charge is 0.294 e. The summed E-state index contributed by atoms with van der Waals surface area (Å²) in [5.74, 6) is 0.486. The van der Waals surface area contributed by atoms with Crippen molar-refractivity contribution in [2.75, 3.05) is 13.7 Å². The molecule has 1 aliphatic heterocycles. The third-order valence-electron chi connectivity index (χ3n) is 3.47. The Kier molecular flexibility index (Phi) is 4.90. The van der Waals surface area contributed by atoms with Gasteiger partial charge in [-0.15, -0.1) is 0 Å². The number of nitrogens with one attached hydrogen (secondary N) is 1. The van der Waals surface area contributed by atoms with E-state index >= 15 is 0 Å². The molecule has 3 rings (SSSR count). The molecule has 25 heavy (non-hydrogen) atoms. The van der Waals surface area contributed by atoms with Crippen LogP contribution in [0.3, 0.4) is 0 Å². The van der Waals surface area contributed by atoms with Gasteiger partial charge in [0.1, 0.15) is 5.69 Å². The average Bonchev–Trinajstić information content (AvgIpc) is 3.04. The Hall–Kier alpha value is -3.00. The monoisotopic (exact) mass is 357 g/mol. The van der Waals surface area contributed by atoms with E-state index in [9.17, 15) is 15.2 Å². The first-order chi connectivity index (χ1) is 12.1. The summed E-state index contributed by atoms with van der Waals surface area (Å²) in [7, 11) is 1.50. The summed E-state index contributed by atoms with van der Waals surface area (Å²) in [5, 5.41) is 24.4. The topological polar surface area (TPSA) is 97.0 Å². The predicted octanol–water partition coefficient (Wildman–Crippen LogP) is 3.67. The van der Waals surface area contributed by atoms with Crippen molar-refractivity contribution in [3.63, 3.8) is 0 Å². The number of nitro benzene ring substituents is 1. The molecule has 1 heterocycles. The van der Waals surface area contributed by atoms with Crippen molar-refractivity contribution in [2.24, 2.45) is 4.99 Å². The van der Waals surface area contributed by atoms with Gasteiger partial charge in [-0.1, -0.05) is 30.0 Å². The van der Waals surface area contributed by atoms with Crippen molar-refractivity contribution >= 4 is 34.4 Å². The molecule has 0 spiro atoms. The second-order valence-electron chi connectivity index (χ2n) is 5.16. The molecule has 2 N–H and O–H groups in total. The van der Waals surface area contributed by atoms with Gasteiger partial charge in [0.25, 0.3) is 5.69 Å². The number of nitro groups is 1. The Bertz CT molecular complexity index is 880. The van der Waals surface area contributed by atoms with E-state index in [2.05, 4.69) is 10.3 Å². The normalized spacial score (nSPS) is 16.8. The van der Waals surface area contributed by atoms with Crippen molar-refractivity contribution in [3.05, 3.63) is 63.0 Å². The van der Waals surface area contributed by atoms with Crippen molar-refractivity contribution in [2.45, 2.75) is 0 Å². The molecular weight excluding hydrogens is 342 g/mol. The first-order valence-electron chi connectivity index (χ1n) is 7.38. The summed E-state index contributed by atoms with van der Waals surface area (Å²) in [6.45, 7) is 0.577. The number of phenols is 1. The number of rotatable bonds is 4. The summed E-state index contributed by atoms with van der Waals surface area (Å²) in [6, 6.07) is 11.5. The molecule has 0 unspecified atom stereocenters. The molecule has 7 nitrogen and oxygen atoms in total. The van der Waals surface area contributed by atoms with Crippen molar-refractivity contribution in [3.8, 4) is 11.5 Å². The Balaban J connectivity index is 1.81. The third-order valence-corrected chi connectivity index (χ3v) is 4.43. The number of aromatic hydroxyl groups is 1. The number of amidine groups is 1. The van der Waals surface area contributed by atoms with Gasteiger partial charge in [0.15, 0.2) is 16.7 Å². The standard InChI is InChI=1S/C17H15N3O4S/c1-24-16-9-11(6-7-15(16)21)8-12-10-18-17(25-12)19-13-4-2-3-5-14(13)20(22)23/h2-9,21H,10H2,1H3,(H,18,19). The van der Waals surface area contributed by atoms with E-state index < -0.39 is 4.92 Å². The Morgan fingerprint density at radius 3 is 2.92 bits per heavy atom. The zero-order chi connectivity index (χ0) is 17.8. The maximum absolute atomic E-state index is 11.1. The van der Waals surface area contributed by atoms with Gasteiger partial charge >= 0.3 is 0 Å². The number of methoxy groups -OCH3 is 1. The quantitative estimate of drug-likeness (QED) is 0.640. The molecule has 1 aliphatic rings. The van der Waals surface area contributed by atoms with Crippen LogP contribution in [0.2, 0.25) is 0 Å². The fraction of sp³-hybridized carbons (Fsp3) is 0.118. The Morgan fingerprint density at radius 2 is 2.16 bits per heavy atom. The lowest BCUT2D eigenvalue weighted by Gasteiger charge is -2.04. The Morgan fingerprint density at radius 1 is 1.36 bits per heavy atom. The van der Waals surface area contributed by atoms with Crippen molar-refractivity contribution in [1.29, 1.82) is 0 Å². The summed E-state index contributed by atoms with van der Waals surface area (Å²) in [5.41, 5.74) is 1.17. The minimum Gasteiger partial charge on any atom is -0.504 e. The van der Waals surface area contributed by atoms with Crippen LogP contribution in [0.15, 0.2) is 52.4 Å². The molecule has 1 saturated heterocycles. The highest BCUT2D eigenvalue weighted by Crippen LogP contribution is 2.32. The molecule has 128 valence electrons. The maximum Gasteiger partial charge on any atom is 0.294 e. The molecule has 0 radical (unpaired) electrons. The molecule has 8 heteroatoms. The highest BCUT2D eigenvalue weighted by Gasteiger charge is 2.18. The summed E-state index contributed by atoms with van der Waals surface area (Å²) in [6.07, 6.45) is 1.95. The number of hydrogen-bond donors (Lipinski definition) is 2. The third kappa shape index (κ3) is 3.92. The molecule has 0 atom stereocenters. The van der Waals surface area contributed by atoms with Crippen LogP contribution in [-0.2, 0) is 0 Å². The second kappa shape index (κ2) is 7.27. The van der Waals surface area contributed by atoms with Gasteiger partial charge in [0, 0.05) is 17.5 Å². The number of hydrogen-bond acceptors (Lipinski definition) is 6. The lowest BCUT2D eigenvalue weighted by atomic mass is 10.2. The zero-order valence-corrected chi connectivity index (χ0v) is 14.1. The number of benzene rings is 2. The fourth-order valence-corrected chi connectivity index (χ4v) is 3.17. The van der Waals surface area contributed by atoms with Crippen LogP contribution in [0, 0.1) is 10.1 Å². The second-order valence-corrected chi connectivity index (χ2v) is 6.28. The van der Waals surface area contributed by atoms with Crippen LogP contribution in [-0.4, -0.2) is 28.9 Å². The lowest BCUT2D eigenvalue weighted by molar-refractivity contribution is -0.384. The predicted molar refractivity (Wildman–Crippen MR) is 98.4 cm³/mol. The molecule has 0 saturated carbocycles. The number of para-hydroxylation sites is 2. The zero-order valence-electron chi connectivity index (χ0n) is 13.3. The van der Waals surface area contributed by atoms with Crippen LogP contribution in [0.4, 0.5) is 11.4 Å². The molecule has 0 bridgehead atoms. The van der Waals surface area contributed by atoms with Gasteiger partial charge in [-0.3, -0.25) is 10.1 Å². The SMILES string of the molecule is COc1cc(C=C2CNC(=Nc3ccccc3[N+](=O)[O-])S2)ccc1O. The Labute approximate surface area is 148 Å². The van der Waals surface area contributed by atoms with Gasteiger partial charge in [-0.25, -0.2) is 4.99 Å². The largest absolute Gasteiger partial charge is 0.504 e. The van der Waals surface area contributed by atoms with E-state index in [1.165, 1.54) is 24.9 Å². The first kappa shape index (κ1) is 16.8. The van der Waals surface area contributed by atoms with Crippen LogP contribution < -0.4 is 10.1 Å². The number of thioether (sulfide) groups is 1. The van der Waals surface area contributed by atoms with Gasteiger partial charge < -0.3 is 15.2 Å². The minimum absolute atomic E-state index is 0.0295. The number of aliphatic imine (C=N–C) groups is 1. The molecule has 0 aliphatic carbocycles. The van der Waals surface area contributed by atoms with Gasteiger partial charge in [0.05, 0.1) is 12.0 Å². The van der Waals surface area contributed by atoms with E-state index in [4.69, 9.17) is 4.74 Å². The highest BCUT2D eigenvalue weighted by atomic mass is 32.2. The van der Waals surface area contributed by atoms with E-state index in [0.717, 1.165) is 10.5 Å². The first-order valence-corrected chi connectivity index (χ1v) is 8.20. The van der Waals surface area contributed by atoms with Gasteiger partial charge in [-0.2, -0.15) is 0 Å². The maximum atomic E-state index is 11.1. The van der Waals surface area contributed by atoms with Crippen molar-refractivity contribution in [1.82, 2.24) is 5.32 Å². The lowest BCUT2D eigenvalue weighted by Crippen LogP contribution is -2.12. The number of nitrogens with zero attached hydrogens (tertiary/aromatic N) is 2. The molecule has 1 fully saturated rings. The van der Waals surface area contributed by atoms with Crippen LogP contribution in [0.25, 0.3) is 6.08 Å². The van der Waals surface area contributed by atoms with Crippen LogP contribution in [0.1, 0.15) is 5.56 Å². The highest BCUT2D eigenvalue weighted by molar-refractivity contribution is 8.17. The van der Waals surface area contributed by atoms with E-state index in [1.807, 2.05) is 6.08 Å². The molecular formula is C17H15N3O4S. The number of phenolic OH excluding ortho intramolecular Hbond substituents is 1. The molecule has 2 aromatic rings. The molecule has 0 aromatic heterocycles. The molecule has 2 aromatic carbocycles. The van der Waals surface area contributed by atoms with E-state index in [-0.39, 0.29) is 11.4 Å². The van der Waals surface area contributed by atoms with E-state index in [0.29, 0.717) is 23.1 Å². The van der Waals surface area contributed by atoms with Crippen molar-refractivity contribution < 1.29 is 14.8 Å². The number of ether oxygens (including phenoxy) is 1. The van der Waals surface area contributed by atoms with Crippen LogP contribution >= 0.6 is 11.8 Å². The fourth-order valence-electron chi connectivity index (χ4n) is 2.29. The van der Waals surface area contributed by atoms with Crippen LogP contribution in [0.5, 0.6) is 11.5 Å². The van der Waals surface area contributed by atoms with Gasteiger partial charge in [0.2, 0.25) is 0 Å².